The van der Waals surface area contributed by atoms with Gasteiger partial charge in [-0.2, -0.15) is 0 Å². The third-order valence-corrected chi connectivity index (χ3v) is 6.43. The third kappa shape index (κ3) is 5.87. The van der Waals surface area contributed by atoms with E-state index in [4.69, 9.17) is 9.47 Å². The molecular formula is C28H39NO4. The fraction of sp³-hybridized carbons (Fsp3) is 0.571. The number of nitrogens with one attached hydrogen (secondary N) is 1. The number of carbonyl (C=O) groups is 2. The molecule has 1 aliphatic carbocycles. The van der Waals surface area contributed by atoms with Crippen molar-refractivity contribution in [3.05, 3.63) is 52.4 Å². The molecule has 1 heterocycles. The molecule has 0 saturated carbocycles. The molecule has 0 fully saturated rings. The summed E-state index contributed by atoms with van der Waals surface area (Å²) in [7, 11) is 0. The minimum Gasteiger partial charge on any atom is -0.493 e. The topological polar surface area (TPSA) is 64.6 Å². The van der Waals surface area contributed by atoms with Crippen LogP contribution in [0.5, 0.6) is 5.75 Å². The van der Waals surface area contributed by atoms with Crippen LogP contribution in [0.4, 0.5) is 0 Å². The SMILES string of the molecule is CCCCCOC(=O)C1=C(C)NC2=C(C(=O)CC(C)(C)C2)[C@@H]1c1ccccc1OCCCC. The molecule has 3 rings (SSSR count). The first kappa shape index (κ1) is 25.1. The zero-order valence-electron chi connectivity index (χ0n) is 20.9. The normalized spacial score (nSPS) is 19.8. The number of unbranched alkanes of at least 4 members (excludes halogenated alkanes) is 3. The predicted octanol–water partition coefficient (Wildman–Crippen LogP) is 6.20. The number of ether oxygens (including phenoxy) is 2. The highest BCUT2D eigenvalue weighted by molar-refractivity contribution is 6.04. The maximum atomic E-state index is 13.5. The van der Waals surface area contributed by atoms with Gasteiger partial charge in [0.25, 0.3) is 0 Å². The van der Waals surface area contributed by atoms with E-state index in [-0.39, 0.29) is 17.2 Å². The van der Waals surface area contributed by atoms with Crippen molar-refractivity contribution in [3.8, 4) is 5.75 Å². The molecule has 180 valence electrons. The van der Waals surface area contributed by atoms with Crippen molar-refractivity contribution in [1.29, 1.82) is 0 Å². The lowest BCUT2D eigenvalue weighted by Crippen LogP contribution is -2.38. The van der Waals surface area contributed by atoms with Crippen LogP contribution in [-0.4, -0.2) is 25.0 Å². The number of ketones is 1. The number of Topliss-reactive ketones (excluding diaryl/α,β-unsaturated/α-hetero) is 1. The summed E-state index contributed by atoms with van der Waals surface area (Å²) in [6.07, 6.45) is 6.12. The van der Waals surface area contributed by atoms with E-state index >= 15 is 0 Å². The van der Waals surface area contributed by atoms with Crippen molar-refractivity contribution in [1.82, 2.24) is 5.32 Å². The molecule has 1 aromatic rings. The van der Waals surface area contributed by atoms with Gasteiger partial charge in [0.15, 0.2) is 5.78 Å². The number of rotatable bonds is 10. The molecule has 1 aromatic carbocycles. The Morgan fingerprint density at radius 2 is 1.79 bits per heavy atom. The highest BCUT2D eigenvalue weighted by atomic mass is 16.5. The monoisotopic (exact) mass is 453 g/mol. The molecule has 0 unspecified atom stereocenters. The van der Waals surface area contributed by atoms with Crippen LogP contribution in [-0.2, 0) is 14.3 Å². The van der Waals surface area contributed by atoms with E-state index in [2.05, 4.69) is 33.0 Å². The lowest BCUT2D eigenvalue weighted by Gasteiger charge is -2.39. The third-order valence-electron chi connectivity index (χ3n) is 6.43. The number of para-hydroxylation sites is 1. The Morgan fingerprint density at radius 1 is 1.06 bits per heavy atom. The van der Waals surface area contributed by atoms with E-state index in [0.29, 0.717) is 30.8 Å². The standard InChI is InChI=1S/C28H39NO4/c1-6-8-12-16-33-27(31)24-19(3)29-21-17-28(4,5)18-22(30)26(21)25(24)20-13-10-11-14-23(20)32-15-9-7-2/h10-11,13-14,25,29H,6-9,12,15-18H2,1-5H3/t25-/m1/s1. The largest absolute Gasteiger partial charge is 0.493 e. The Bertz CT molecular complexity index is 941. The van der Waals surface area contributed by atoms with Gasteiger partial charge in [0, 0.05) is 29.0 Å². The zero-order valence-corrected chi connectivity index (χ0v) is 20.9. The Hall–Kier alpha value is -2.56. The fourth-order valence-corrected chi connectivity index (χ4v) is 4.79. The van der Waals surface area contributed by atoms with Gasteiger partial charge in [-0.1, -0.05) is 65.2 Å². The van der Waals surface area contributed by atoms with Crippen LogP contribution >= 0.6 is 0 Å². The van der Waals surface area contributed by atoms with E-state index in [1.165, 1.54) is 0 Å². The zero-order chi connectivity index (χ0) is 24.0. The van der Waals surface area contributed by atoms with E-state index in [0.717, 1.165) is 61.2 Å². The summed E-state index contributed by atoms with van der Waals surface area (Å²) in [5.74, 6) is -0.0210. The Kier molecular flexibility index (Phi) is 8.39. The molecule has 2 aliphatic rings. The first-order valence-electron chi connectivity index (χ1n) is 12.4. The van der Waals surface area contributed by atoms with Gasteiger partial charge in [-0.05, 0) is 37.7 Å². The van der Waals surface area contributed by atoms with Gasteiger partial charge in [0.2, 0.25) is 0 Å². The van der Waals surface area contributed by atoms with Gasteiger partial charge in [-0.15, -0.1) is 0 Å². The molecule has 1 atom stereocenters. The lowest BCUT2D eigenvalue weighted by atomic mass is 9.68. The molecule has 1 N–H and O–H groups in total. The number of carbonyl (C=O) groups excluding carboxylic acids is 2. The van der Waals surface area contributed by atoms with E-state index in [1.54, 1.807) is 0 Å². The van der Waals surface area contributed by atoms with E-state index < -0.39 is 5.92 Å². The van der Waals surface area contributed by atoms with E-state index in [1.807, 2.05) is 31.2 Å². The van der Waals surface area contributed by atoms with Crippen LogP contribution in [0.2, 0.25) is 0 Å². The van der Waals surface area contributed by atoms with Crippen LogP contribution in [0.3, 0.4) is 0 Å². The number of hydrogen-bond donors (Lipinski definition) is 1. The number of esters is 1. The molecule has 0 aromatic heterocycles. The minimum atomic E-state index is -0.485. The molecule has 0 saturated heterocycles. The molecule has 0 radical (unpaired) electrons. The number of benzene rings is 1. The van der Waals surface area contributed by atoms with Crippen molar-refractivity contribution >= 4 is 11.8 Å². The van der Waals surface area contributed by atoms with Crippen molar-refractivity contribution in [2.75, 3.05) is 13.2 Å². The maximum absolute atomic E-state index is 13.5. The second-order valence-electron chi connectivity index (χ2n) is 10.0. The molecule has 0 spiro atoms. The lowest BCUT2D eigenvalue weighted by molar-refractivity contribution is -0.139. The van der Waals surface area contributed by atoms with Crippen molar-refractivity contribution in [2.24, 2.45) is 5.41 Å². The average molecular weight is 454 g/mol. The molecule has 1 aliphatic heterocycles. The van der Waals surface area contributed by atoms with E-state index in [9.17, 15) is 9.59 Å². The second kappa shape index (κ2) is 11.0. The quantitative estimate of drug-likeness (QED) is 0.337. The molecule has 5 nitrogen and oxygen atoms in total. The summed E-state index contributed by atoms with van der Waals surface area (Å²) in [6, 6.07) is 7.80. The van der Waals surface area contributed by atoms with Gasteiger partial charge >= 0.3 is 5.97 Å². The number of allylic oxidation sites excluding steroid dienone is 3. The predicted molar refractivity (Wildman–Crippen MR) is 131 cm³/mol. The van der Waals surface area contributed by atoms with Gasteiger partial charge in [0.05, 0.1) is 24.7 Å². The molecule has 33 heavy (non-hydrogen) atoms. The van der Waals surface area contributed by atoms with Crippen LogP contribution in [0.25, 0.3) is 0 Å². The van der Waals surface area contributed by atoms with Crippen LogP contribution in [0, 0.1) is 5.41 Å². The molecule has 0 bridgehead atoms. The highest BCUT2D eigenvalue weighted by Crippen LogP contribution is 2.48. The minimum absolute atomic E-state index is 0.0888. The summed E-state index contributed by atoms with van der Waals surface area (Å²) >= 11 is 0. The average Bonchev–Trinajstić information content (AvgIpc) is 2.75. The number of dihydropyridines is 1. The number of hydrogen-bond acceptors (Lipinski definition) is 5. The molecule has 5 heteroatoms. The fourth-order valence-electron chi connectivity index (χ4n) is 4.79. The Labute approximate surface area is 198 Å². The summed E-state index contributed by atoms with van der Waals surface area (Å²) in [4.78, 5) is 26.8. The summed E-state index contributed by atoms with van der Waals surface area (Å²) < 4.78 is 11.8. The summed E-state index contributed by atoms with van der Waals surface area (Å²) in [6.45, 7) is 11.4. The van der Waals surface area contributed by atoms with Crippen molar-refractivity contribution in [2.45, 2.75) is 85.5 Å². The van der Waals surface area contributed by atoms with Crippen LogP contribution in [0.15, 0.2) is 46.8 Å². The van der Waals surface area contributed by atoms with Crippen molar-refractivity contribution in [3.63, 3.8) is 0 Å². The first-order chi connectivity index (χ1) is 15.8. The molecule has 0 amide bonds. The van der Waals surface area contributed by atoms with Gasteiger partial charge in [-0.3, -0.25) is 4.79 Å². The Balaban J connectivity index is 2.05. The second-order valence-corrected chi connectivity index (χ2v) is 10.0. The summed E-state index contributed by atoms with van der Waals surface area (Å²) in [5.41, 5.74) is 3.62. The first-order valence-corrected chi connectivity index (χ1v) is 12.4. The van der Waals surface area contributed by atoms with Crippen LogP contribution in [0.1, 0.15) is 91.0 Å². The van der Waals surface area contributed by atoms with Crippen molar-refractivity contribution < 1.29 is 19.1 Å². The highest BCUT2D eigenvalue weighted by Gasteiger charge is 2.44. The van der Waals surface area contributed by atoms with Crippen LogP contribution < -0.4 is 10.1 Å². The Morgan fingerprint density at radius 3 is 2.52 bits per heavy atom. The van der Waals surface area contributed by atoms with Gasteiger partial charge < -0.3 is 14.8 Å². The van der Waals surface area contributed by atoms with Gasteiger partial charge in [0.1, 0.15) is 5.75 Å². The maximum Gasteiger partial charge on any atom is 0.336 e. The smallest absolute Gasteiger partial charge is 0.336 e. The molecular weight excluding hydrogens is 414 g/mol. The summed E-state index contributed by atoms with van der Waals surface area (Å²) in [5, 5.41) is 3.41. The van der Waals surface area contributed by atoms with Gasteiger partial charge in [-0.25, -0.2) is 4.79 Å².